The Balaban J connectivity index is 2.05. The highest BCUT2D eigenvalue weighted by molar-refractivity contribution is 9.10. The van der Waals surface area contributed by atoms with Gasteiger partial charge in [-0.1, -0.05) is 0 Å². The molecule has 1 heterocycles. The minimum Gasteiger partial charge on any atom is -0.348 e. The molecule has 2 N–H and O–H groups in total. The molecular weight excluding hydrogens is 287 g/mol. The Kier molecular flexibility index (Phi) is 4.12. The third kappa shape index (κ3) is 3.26. The van der Waals surface area contributed by atoms with Crippen LogP contribution in [0.5, 0.6) is 0 Å². The highest BCUT2D eigenvalue weighted by Crippen LogP contribution is 2.18. The number of amides is 1. The zero-order valence-electron chi connectivity index (χ0n) is 9.30. The molecule has 0 aliphatic carbocycles. The van der Waals surface area contributed by atoms with E-state index in [2.05, 4.69) is 26.6 Å². The molecule has 1 aromatic carbocycles. The van der Waals surface area contributed by atoms with Crippen LogP contribution in [0.2, 0.25) is 0 Å². The van der Waals surface area contributed by atoms with E-state index in [-0.39, 0.29) is 11.9 Å². The maximum absolute atomic E-state index is 13.1. The van der Waals surface area contributed by atoms with Crippen LogP contribution in [0, 0.1) is 5.82 Å². The van der Waals surface area contributed by atoms with E-state index in [4.69, 9.17) is 0 Å². The van der Waals surface area contributed by atoms with Gasteiger partial charge < -0.3 is 10.6 Å². The third-order valence-electron chi connectivity index (χ3n) is 2.81. The molecule has 17 heavy (non-hydrogen) atoms. The Morgan fingerprint density at radius 2 is 2.35 bits per heavy atom. The van der Waals surface area contributed by atoms with Crippen molar-refractivity contribution in [3.05, 3.63) is 34.1 Å². The van der Waals surface area contributed by atoms with Crippen LogP contribution < -0.4 is 10.6 Å². The molecule has 5 heteroatoms. The van der Waals surface area contributed by atoms with E-state index in [1.165, 1.54) is 12.1 Å². The highest BCUT2D eigenvalue weighted by atomic mass is 79.9. The van der Waals surface area contributed by atoms with Gasteiger partial charge in [-0.25, -0.2) is 4.39 Å². The Hall–Kier alpha value is -0.940. The first-order chi connectivity index (χ1) is 8.16. The van der Waals surface area contributed by atoms with Crippen LogP contribution in [-0.4, -0.2) is 25.0 Å². The molecule has 1 amide bonds. The summed E-state index contributed by atoms with van der Waals surface area (Å²) in [4.78, 5) is 12.0. The van der Waals surface area contributed by atoms with Gasteiger partial charge in [-0.15, -0.1) is 0 Å². The van der Waals surface area contributed by atoms with Crippen LogP contribution in [-0.2, 0) is 0 Å². The summed E-state index contributed by atoms with van der Waals surface area (Å²) >= 11 is 3.25. The predicted molar refractivity (Wildman–Crippen MR) is 67.5 cm³/mol. The van der Waals surface area contributed by atoms with Crippen molar-refractivity contribution in [2.75, 3.05) is 13.1 Å². The Bertz CT molecular complexity index is 419. The van der Waals surface area contributed by atoms with Gasteiger partial charge >= 0.3 is 0 Å². The topological polar surface area (TPSA) is 41.1 Å². The zero-order chi connectivity index (χ0) is 12.3. The van der Waals surface area contributed by atoms with E-state index in [1.807, 2.05) is 0 Å². The SMILES string of the molecule is O=C(N[C@H]1CCCNC1)c1cc(F)ccc1Br. The van der Waals surface area contributed by atoms with Gasteiger partial charge in [0, 0.05) is 17.1 Å². The summed E-state index contributed by atoms with van der Waals surface area (Å²) in [5.41, 5.74) is 0.343. The van der Waals surface area contributed by atoms with Crippen LogP contribution >= 0.6 is 15.9 Å². The quantitative estimate of drug-likeness (QED) is 0.878. The average Bonchev–Trinajstić information content (AvgIpc) is 2.33. The van der Waals surface area contributed by atoms with Crippen molar-refractivity contribution in [3.8, 4) is 0 Å². The van der Waals surface area contributed by atoms with Gasteiger partial charge in [-0.2, -0.15) is 0 Å². The lowest BCUT2D eigenvalue weighted by Crippen LogP contribution is -2.45. The first kappa shape index (κ1) is 12.5. The number of hydrogen-bond donors (Lipinski definition) is 2. The van der Waals surface area contributed by atoms with Crippen molar-refractivity contribution in [3.63, 3.8) is 0 Å². The van der Waals surface area contributed by atoms with Crippen molar-refractivity contribution in [1.82, 2.24) is 10.6 Å². The van der Waals surface area contributed by atoms with Crippen LogP contribution in [0.3, 0.4) is 0 Å². The second-order valence-corrected chi connectivity index (χ2v) is 5.00. The molecule has 0 bridgehead atoms. The monoisotopic (exact) mass is 300 g/mol. The fourth-order valence-electron chi connectivity index (χ4n) is 1.91. The second-order valence-electron chi connectivity index (χ2n) is 4.14. The molecule has 1 aliphatic heterocycles. The maximum Gasteiger partial charge on any atom is 0.252 e. The number of carbonyl (C=O) groups is 1. The summed E-state index contributed by atoms with van der Waals surface area (Å²) in [6.07, 6.45) is 2.01. The average molecular weight is 301 g/mol. The lowest BCUT2D eigenvalue weighted by Gasteiger charge is -2.24. The minimum absolute atomic E-state index is 0.131. The number of benzene rings is 1. The summed E-state index contributed by atoms with van der Waals surface area (Å²) < 4.78 is 13.7. The van der Waals surface area contributed by atoms with E-state index in [0.29, 0.717) is 10.0 Å². The van der Waals surface area contributed by atoms with Crippen LogP contribution in [0.15, 0.2) is 22.7 Å². The number of carbonyl (C=O) groups excluding carboxylic acids is 1. The molecule has 0 spiro atoms. The van der Waals surface area contributed by atoms with E-state index in [1.54, 1.807) is 6.07 Å². The molecule has 1 atom stereocenters. The lowest BCUT2D eigenvalue weighted by atomic mass is 10.1. The molecule has 1 aliphatic rings. The molecule has 0 radical (unpaired) electrons. The normalized spacial score (nSPS) is 20.0. The summed E-state index contributed by atoms with van der Waals surface area (Å²) in [5.74, 6) is -0.634. The van der Waals surface area contributed by atoms with Crippen molar-refractivity contribution >= 4 is 21.8 Å². The molecule has 0 saturated carbocycles. The van der Waals surface area contributed by atoms with Gasteiger partial charge in [0.05, 0.1) is 5.56 Å². The van der Waals surface area contributed by atoms with Gasteiger partial charge in [-0.3, -0.25) is 4.79 Å². The lowest BCUT2D eigenvalue weighted by molar-refractivity contribution is 0.0929. The smallest absolute Gasteiger partial charge is 0.252 e. The molecule has 0 aromatic heterocycles. The molecule has 92 valence electrons. The summed E-state index contributed by atoms with van der Waals surface area (Å²) in [6, 6.07) is 4.24. The number of piperidine rings is 1. The van der Waals surface area contributed by atoms with E-state index < -0.39 is 5.82 Å². The van der Waals surface area contributed by atoms with E-state index >= 15 is 0 Å². The van der Waals surface area contributed by atoms with Gasteiger partial charge in [0.25, 0.3) is 5.91 Å². The molecular formula is C12H14BrFN2O. The largest absolute Gasteiger partial charge is 0.348 e. The summed E-state index contributed by atoms with van der Waals surface area (Å²) in [7, 11) is 0. The van der Waals surface area contributed by atoms with Gasteiger partial charge in [0.2, 0.25) is 0 Å². The van der Waals surface area contributed by atoms with Gasteiger partial charge in [0.15, 0.2) is 0 Å². The number of hydrogen-bond acceptors (Lipinski definition) is 2. The molecule has 1 aromatic rings. The Labute approximate surface area is 108 Å². The maximum atomic E-state index is 13.1. The van der Waals surface area contributed by atoms with Gasteiger partial charge in [0.1, 0.15) is 5.82 Å². The highest BCUT2D eigenvalue weighted by Gasteiger charge is 2.18. The summed E-state index contributed by atoms with van der Waals surface area (Å²) in [5, 5.41) is 6.12. The van der Waals surface area contributed by atoms with E-state index in [0.717, 1.165) is 25.9 Å². The Morgan fingerprint density at radius 3 is 3.06 bits per heavy atom. The minimum atomic E-state index is -0.403. The zero-order valence-corrected chi connectivity index (χ0v) is 10.9. The molecule has 3 nitrogen and oxygen atoms in total. The molecule has 0 unspecified atom stereocenters. The van der Waals surface area contributed by atoms with Crippen molar-refractivity contribution < 1.29 is 9.18 Å². The number of rotatable bonds is 2. The second kappa shape index (κ2) is 5.60. The van der Waals surface area contributed by atoms with Crippen LogP contribution in [0.4, 0.5) is 4.39 Å². The van der Waals surface area contributed by atoms with Crippen molar-refractivity contribution in [1.29, 1.82) is 0 Å². The fourth-order valence-corrected chi connectivity index (χ4v) is 2.34. The number of halogens is 2. The summed E-state index contributed by atoms with van der Waals surface area (Å²) in [6.45, 7) is 1.77. The van der Waals surface area contributed by atoms with Crippen molar-refractivity contribution in [2.24, 2.45) is 0 Å². The number of nitrogens with one attached hydrogen (secondary N) is 2. The van der Waals surface area contributed by atoms with Gasteiger partial charge in [-0.05, 0) is 53.5 Å². The predicted octanol–water partition coefficient (Wildman–Crippen LogP) is 2.07. The first-order valence-electron chi connectivity index (χ1n) is 5.63. The van der Waals surface area contributed by atoms with E-state index in [9.17, 15) is 9.18 Å². The van der Waals surface area contributed by atoms with Crippen molar-refractivity contribution in [2.45, 2.75) is 18.9 Å². The Morgan fingerprint density at radius 1 is 1.53 bits per heavy atom. The molecule has 2 rings (SSSR count). The standard InChI is InChI=1S/C12H14BrFN2O/c13-11-4-3-8(14)6-10(11)12(17)16-9-2-1-5-15-7-9/h3-4,6,9,15H,1-2,5,7H2,(H,16,17)/t9-/m0/s1. The van der Waals surface area contributed by atoms with Crippen LogP contribution in [0.25, 0.3) is 0 Å². The molecule has 1 fully saturated rings. The van der Waals surface area contributed by atoms with Crippen LogP contribution in [0.1, 0.15) is 23.2 Å². The first-order valence-corrected chi connectivity index (χ1v) is 6.43. The fraction of sp³-hybridized carbons (Fsp3) is 0.417. The molecule has 1 saturated heterocycles. The third-order valence-corrected chi connectivity index (χ3v) is 3.50.